The molecule has 1 aliphatic carbocycles. The van der Waals surface area contributed by atoms with Gasteiger partial charge in [-0.2, -0.15) is 5.26 Å². The van der Waals surface area contributed by atoms with Gasteiger partial charge in [0.05, 0.1) is 19.3 Å². The molecule has 0 N–H and O–H groups in total. The number of nitrogens with zero attached hydrogens (tertiary/aromatic N) is 1. The molecular weight excluding hydrogens is 298 g/mol. The zero-order valence-electron chi connectivity index (χ0n) is 15.9. The van der Waals surface area contributed by atoms with Crippen molar-refractivity contribution < 1.29 is 9.47 Å². The summed E-state index contributed by atoms with van der Waals surface area (Å²) in [6, 6.07) is 2.51. The summed E-state index contributed by atoms with van der Waals surface area (Å²) in [4.78, 5) is 0. The fourth-order valence-electron chi connectivity index (χ4n) is 4.33. The predicted molar refractivity (Wildman–Crippen MR) is 97.5 cm³/mol. The lowest BCUT2D eigenvalue weighted by atomic mass is 9.79. The fourth-order valence-corrected chi connectivity index (χ4v) is 4.33. The predicted octanol–water partition coefficient (Wildman–Crippen LogP) is 5.84. The van der Waals surface area contributed by atoms with Crippen molar-refractivity contribution in [3.05, 3.63) is 0 Å². The summed E-state index contributed by atoms with van der Waals surface area (Å²) in [5.74, 6) is 1.45. The molecule has 0 aromatic carbocycles. The van der Waals surface area contributed by atoms with Gasteiger partial charge in [0.1, 0.15) is 5.41 Å². The first kappa shape index (κ1) is 19.7. The third kappa shape index (κ3) is 5.74. The molecule has 0 atom stereocenters. The monoisotopic (exact) mass is 335 g/mol. The van der Waals surface area contributed by atoms with E-state index >= 15 is 0 Å². The molecule has 3 heteroatoms. The van der Waals surface area contributed by atoms with Crippen molar-refractivity contribution in [3.63, 3.8) is 0 Å². The Morgan fingerprint density at radius 1 is 0.917 bits per heavy atom. The average molecular weight is 336 g/mol. The molecule has 0 radical (unpaired) electrons. The molecule has 1 saturated heterocycles. The minimum absolute atomic E-state index is 0.0610. The van der Waals surface area contributed by atoms with E-state index in [4.69, 9.17) is 9.47 Å². The average Bonchev–Trinajstić information content (AvgIpc) is 2.63. The first-order chi connectivity index (χ1) is 11.7. The van der Waals surface area contributed by atoms with Crippen LogP contribution >= 0.6 is 0 Å². The van der Waals surface area contributed by atoms with Crippen LogP contribution in [-0.4, -0.2) is 19.5 Å². The van der Waals surface area contributed by atoms with E-state index in [1.54, 1.807) is 0 Å². The minimum atomic E-state index is -0.401. The third-order valence-corrected chi connectivity index (χ3v) is 6.02. The van der Waals surface area contributed by atoms with E-state index in [1.807, 2.05) is 0 Å². The van der Waals surface area contributed by atoms with Crippen molar-refractivity contribution in [1.29, 1.82) is 5.26 Å². The Balaban J connectivity index is 1.70. The van der Waals surface area contributed by atoms with Crippen LogP contribution in [0, 0.1) is 28.6 Å². The maximum atomic E-state index is 9.62. The molecule has 0 unspecified atom stereocenters. The van der Waals surface area contributed by atoms with E-state index in [0.717, 1.165) is 18.8 Å². The smallest absolute Gasteiger partial charge is 0.160 e. The fraction of sp³-hybridized carbons (Fsp3) is 0.952. The molecule has 2 fully saturated rings. The van der Waals surface area contributed by atoms with Gasteiger partial charge in [-0.25, -0.2) is 0 Å². The largest absolute Gasteiger partial charge is 0.351 e. The molecule has 1 saturated carbocycles. The molecule has 24 heavy (non-hydrogen) atoms. The van der Waals surface area contributed by atoms with Crippen molar-refractivity contribution in [3.8, 4) is 6.07 Å². The molecule has 3 nitrogen and oxygen atoms in total. The Kier molecular flexibility index (Phi) is 8.56. The molecular formula is C21H37NO2. The Labute approximate surface area is 149 Å². The first-order valence-corrected chi connectivity index (χ1v) is 10.4. The Hall–Kier alpha value is -0.590. The number of hydrogen-bond donors (Lipinski definition) is 0. The van der Waals surface area contributed by atoms with E-state index in [-0.39, 0.29) is 6.29 Å². The highest BCUT2D eigenvalue weighted by molar-refractivity contribution is 5.00. The number of unbranched alkanes of at least 4 members (excludes halogenated alkanes) is 4. The molecule has 2 rings (SSSR count). The quantitative estimate of drug-likeness (QED) is 0.497. The van der Waals surface area contributed by atoms with Gasteiger partial charge in [-0.1, -0.05) is 58.8 Å². The molecule has 0 amide bonds. The van der Waals surface area contributed by atoms with Crippen molar-refractivity contribution >= 4 is 0 Å². The second-order valence-corrected chi connectivity index (χ2v) is 8.12. The molecule has 1 heterocycles. The zero-order chi connectivity index (χ0) is 17.3. The summed E-state index contributed by atoms with van der Waals surface area (Å²) in [6.45, 7) is 5.65. The van der Waals surface area contributed by atoms with Gasteiger partial charge >= 0.3 is 0 Å². The van der Waals surface area contributed by atoms with E-state index in [2.05, 4.69) is 19.9 Å². The summed E-state index contributed by atoms with van der Waals surface area (Å²) in [7, 11) is 0. The highest BCUT2D eigenvalue weighted by atomic mass is 16.7. The molecule has 0 bridgehead atoms. The van der Waals surface area contributed by atoms with Crippen LogP contribution in [0.3, 0.4) is 0 Å². The van der Waals surface area contributed by atoms with Crippen LogP contribution in [0.25, 0.3) is 0 Å². The highest BCUT2D eigenvalue weighted by Gasteiger charge is 2.40. The SMILES string of the molecule is CCCCCCCC1(C#N)COC(C2CCC(CCC)CC2)OC1. The van der Waals surface area contributed by atoms with Crippen molar-refractivity contribution in [2.75, 3.05) is 13.2 Å². The van der Waals surface area contributed by atoms with Gasteiger partial charge in [0.15, 0.2) is 6.29 Å². The lowest BCUT2D eigenvalue weighted by Crippen LogP contribution is -2.44. The van der Waals surface area contributed by atoms with Crippen LogP contribution in [0.1, 0.15) is 90.9 Å². The molecule has 0 aromatic rings. The van der Waals surface area contributed by atoms with E-state index in [9.17, 15) is 5.26 Å². The summed E-state index contributed by atoms with van der Waals surface area (Å²) in [5, 5.41) is 9.62. The number of rotatable bonds is 9. The van der Waals surface area contributed by atoms with Gasteiger partial charge in [-0.3, -0.25) is 0 Å². The Morgan fingerprint density at radius 2 is 1.58 bits per heavy atom. The number of nitriles is 1. The van der Waals surface area contributed by atoms with E-state index in [1.165, 1.54) is 64.2 Å². The molecule has 1 aliphatic heterocycles. The zero-order valence-corrected chi connectivity index (χ0v) is 15.9. The summed E-state index contributed by atoms with van der Waals surface area (Å²) < 4.78 is 12.1. The van der Waals surface area contributed by atoms with Crippen molar-refractivity contribution in [2.45, 2.75) is 97.2 Å². The standard InChI is InChI=1S/C21H37NO2/c1-3-5-6-7-8-14-21(15-22)16-23-20(24-17-21)19-12-10-18(9-4-2)11-13-19/h18-20H,3-14,16-17H2,1-2H3. The van der Waals surface area contributed by atoms with Gasteiger partial charge in [0.25, 0.3) is 0 Å². The number of hydrogen-bond acceptors (Lipinski definition) is 3. The second-order valence-electron chi connectivity index (χ2n) is 8.12. The maximum absolute atomic E-state index is 9.62. The molecule has 0 spiro atoms. The van der Waals surface area contributed by atoms with Crippen molar-refractivity contribution in [2.24, 2.45) is 17.3 Å². The molecule has 138 valence electrons. The van der Waals surface area contributed by atoms with Crippen LogP contribution in [0.4, 0.5) is 0 Å². The Bertz CT molecular complexity index is 374. The van der Waals surface area contributed by atoms with Gasteiger partial charge in [-0.15, -0.1) is 0 Å². The van der Waals surface area contributed by atoms with Crippen LogP contribution in [-0.2, 0) is 9.47 Å². The van der Waals surface area contributed by atoms with Gasteiger partial charge < -0.3 is 9.47 Å². The number of ether oxygens (including phenoxy) is 2. The van der Waals surface area contributed by atoms with Gasteiger partial charge in [0.2, 0.25) is 0 Å². The maximum Gasteiger partial charge on any atom is 0.160 e. The lowest BCUT2D eigenvalue weighted by molar-refractivity contribution is -0.244. The normalized spacial score (nSPS) is 34.0. The first-order valence-electron chi connectivity index (χ1n) is 10.4. The lowest BCUT2D eigenvalue weighted by Gasteiger charge is -2.40. The van der Waals surface area contributed by atoms with Crippen molar-refractivity contribution in [1.82, 2.24) is 0 Å². The summed E-state index contributed by atoms with van der Waals surface area (Å²) in [5.41, 5.74) is -0.401. The highest BCUT2D eigenvalue weighted by Crippen LogP contribution is 2.38. The Morgan fingerprint density at radius 3 is 2.17 bits per heavy atom. The third-order valence-electron chi connectivity index (χ3n) is 6.02. The molecule has 0 aromatic heterocycles. The van der Waals surface area contributed by atoms with Gasteiger partial charge in [0, 0.05) is 5.92 Å². The second kappa shape index (κ2) is 10.4. The van der Waals surface area contributed by atoms with E-state index in [0.29, 0.717) is 19.1 Å². The van der Waals surface area contributed by atoms with Crippen LogP contribution < -0.4 is 0 Å². The van der Waals surface area contributed by atoms with Crippen LogP contribution in [0.2, 0.25) is 0 Å². The van der Waals surface area contributed by atoms with E-state index < -0.39 is 5.41 Å². The summed E-state index contributed by atoms with van der Waals surface area (Å²) >= 11 is 0. The molecule has 2 aliphatic rings. The topological polar surface area (TPSA) is 42.2 Å². The van der Waals surface area contributed by atoms with Crippen LogP contribution in [0.5, 0.6) is 0 Å². The minimum Gasteiger partial charge on any atom is -0.351 e. The van der Waals surface area contributed by atoms with Crippen LogP contribution in [0.15, 0.2) is 0 Å². The summed E-state index contributed by atoms with van der Waals surface area (Å²) in [6.07, 6.45) is 14.8. The van der Waals surface area contributed by atoms with Gasteiger partial charge in [-0.05, 0) is 38.0 Å².